The minimum atomic E-state index is -5.29. The van der Waals surface area contributed by atoms with E-state index in [1.807, 2.05) is 0 Å². The fraction of sp³-hybridized carbons (Fsp3) is 0.263. The maximum absolute atomic E-state index is 13.6. The van der Waals surface area contributed by atoms with Gasteiger partial charge in [0.25, 0.3) is 0 Å². The zero-order valence-electron chi connectivity index (χ0n) is 13.6. The number of hydrogen-bond acceptors (Lipinski definition) is 2. The molecule has 2 aromatic carbocycles. The molecule has 0 aliphatic heterocycles. The summed E-state index contributed by atoms with van der Waals surface area (Å²) in [7, 11) is 0. The first-order valence-corrected chi connectivity index (χ1v) is 7.64. The highest BCUT2D eigenvalue weighted by Gasteiger charge is 2.59. The van der Waals surface area contributed by atoms with E-state index in [0.717, 1.165) is 0 Å². The second-order valence-corrected chi connectivity index (χ2v) is 5.71. The van der Waals surface area contributed by atoms with Crippen molar-refractivity contribution in [1.29, 1.82) is 0 Å². The van der Waals surface area contributed by atoms with Crippen molar-refractivity contribution in [2.75, 3.05) is 6.61 Å². The molecule has 2 nitrogen and oxygen atoms in total. The van der Waals surface area contributed by atoms with Gasteiger partial charge in [-0.2, -0.15) is 26.3 Å². The average Bonchev–Trinajstić information content (AvgIpc) is 2.61. The Hall–Kier alpha value is -2.50. The Morgan fingerprint density at radius 2 is 1.33 bits per heavy atom. The van der Waals surface area contributed by atoms with Gasteiger partial charge in [0.2, 0.25) is 5.60 Å². The summed E-state index contributed by atoms with van der Waals surface area (Å²) in [5.74, 6) is 2.61. The summed E-state index contributed by atoms with van der Waals surface area (Å²) in [6.07, 6.45) is -10.0. The van der Waals surface area contributed by atoms with E-state index >= 15 is 0 Å². The minimum absolute atomic E-state index is 0.355. The third kappa shape index (κ3) is 4.43. The van der Waals surface area contributed by atoms with Crippen LogP contribution in [-0.4, -0.2) is 23.0 Å². The average molecular weight is 388 g/mol. The molecule has 0 amide bonds. The zero-order valence-corrected chi connectivity index (χ0v) is 13.6. The van der Waals surface area contributed by atoms with Gasteiger partial charge in [0.1, 0.15) is 0 Å². The molecule has 0 radical (unpaired) electrons. The van der Waals surface area contributed by atoms with Crippen molar-refractivity contribution >= 4 is 0 Å². The van der Waals surface area contributed by atoms with Crippen LogP contribution in [0.25, 0.3) is 0 Å². The second-order valence-electron chi connectivity index (χ2n) is 5.71. The van der Waals surface area contributed by atoms with Gasteiger partial charge >= 0.3 is 12.4 Å². The lowest BCUT2D eigenvalue weighted by atomic mass is 9.80. The van der Waals surface area contributed by atoms with Gasteiger partial charge in [-0.3, -0.25) is 0 Å². The lowest BCUT2D eigenvalue weighted by Crippen LogP contribution is -2.49. The Bertz CT molecular complexity index is 816. The molecule has 144 valence electrons. The summed E-state index contributed by atoms with van der Waals surface area (Å²) in [5.41, 5.74) is -5.29. The predicted molar refractivity (Wildman–Crippen MR) is 85.3 cm³/mol. The maximum atomic E-state index is 13.6. The molecule has 0 saturated heterocycles. The van der Waals surface area contributed by atoms with Crippen LogP contribution in [0, 0.1) is 17.8 Å². The molecule has 27 heavy (non-hydrogen) atoms. The lowest BCUT2D eigenvalue weighted by molar-refractivity contribution is -0.283. The second kappa shape index (κ2) is 7.62. The molecule has 0 saturated carbocycles. The molecule has 2 rings (SSSR count). The SMILES string of the molecule is OC[C@H](C#Cc1ccccc1)[C@](O)(c1ccc(C(F)(F)F)cc1)C(F)(F)F. The Kier molecular flexibility index (Phi) is 5.88. The first-order chi connectivity index (χ1) is 12.5. The summed E-state index contributed by atoms with van der Waals surface area (Å²) in [4.78, 5) is 0. The molecule has 0 spiro atoms. The molecule has 0 aliphatic carbocycles. The zero-order chi connectivity index (χ0) is 20.3. The van der Waals surface area contributed by atoms with Gasteiger partial charge in [0.15, 0.2) is 0 Å². The van der Waals surface area contributed by atoms with Crippen molar-refractivity contribution in [3.63, 3.8) is 0 Å². The van der Waals surface area contributed by atoms with E-state index in [-0.39, 0.29) is 0 Å². The van der Waals surface area contributed by atoms with Crippen molar-refractivity contribution in [1.82, 2.24) is 0 Å². The van der Waals surface area contributed by atoms with Crippen LogP contribution >= 0.6 is 0 Å². The number of aliphatic hydroxyl groups excluding tert-OH is 1. The molecule has 2 N–H and O–H groups in total. The van der Waals surface area contributed by atoms with Gasteiger partial charge in [0, 0.05) is 5.56 Å². The van der Waals surface area contributed by atoms with E-state index in [9.17, 15) is 36.6 Å². The van der Waals surface area contributed by atoms with Crippen LogP contribution in [0.5, 0.6) is 0 Å². The van der Waals surface area contributed by atoms with Gasteiger partial charge in [-0.25, -0.2) is 0 Å². The minimum Gasteiger partial charge on any atom is -0.395 e. The summed E-state index contributed by atoms with van der Waals surface area (Å²) in [6.45, 7) is -1.16. The van der Waals surface area contributed by atoms with Crippen LogP contribution in [-0.2, 0) is 11.8 Å². The molecule has 0 fully saturated rings. The first kappa shape index (κ1) is 20.8. The summed E-state index contributed by atoms with van der Waals surface area (Å²) < 4.78 is 78.8. The van der Waals surface area contributed by atoms with Crippen molar-refractivity contribution in [3.05, 3.63) is 71.3 Å². The van der Waals surface area contributed by atoms with Crippen LogP contribution in [0.1, 0.15) is 16.7 Å². The van der Waals surface area contributed by atoms with Gasteiger partial charge in [-0.15, -0.1) is 0 Å². The van der Waals surface area contributed by atoms with Gasteiger partial charge in [0.05, 0.1) is 18.1 Å². The number of halogens is 6. The van der Waals surface area contributed by atoms with Gasteiger partial charge < -0.3 is 10.2 Å². The van der Waals surface area contributed by atoms with E-state index < -0.39 is 41.6 Å². The molecule has 8 heteroatoms. The smallest absolute Gasteiger partial charge is 0.395 e. The monoisotopic (exact) mass is 388 g/mol. The van der Waals surface area contributed by atoms with Gasteiger partial charge in [-0.1, -0.05) is 42.2 Å². The standard InChI is InChI=1S/C19H14F6O2/c20-18(21,22)15-10-8-14(9-11-15)17(27,19(23,24)25)16(12-26)7-6-13-4-2-1-3-5-13/h1-5,8-11,16,26-27H,12H2/t16-,17+/m0/s1. The normalized spacial score (nSPS) is 15.4. The molecule has 0 aromatic heterocycles. The summed E-state index contributed by atoms with van der Waals surface area (Å²) in [5, 5.41) is 19.8. The van der Waals surface area contributed by atoms with E-state index in [4.69, 9.17) is 0 Å². The molecule has 0 unspecified atom stereocenters. The highest BCUT2D eigenvalue weighted by Crippen LogP contribution is 2.45. The van der Waals surface area contributed by atoms with Crippen molar-refractivity contribution < 1.29 is 36.6 Å². The molecule has 0 heterocycles. The van der Waals surface area contributed by atoms with Crippen LogP contribution in [0.15, 0.2) is 54.6 Å². The third-order valence-electron chi connectivity index (χ3n) is 3.94. The van der Waals surface area contributed by atoms with E-state index in [1.54, 1.807) is 18.2 Å². The maximum Gasteiger partial charge on any atom is 0.422 e. The van der Waals surface area contributed by atoms with Crippen LogP contribution in [0.3, 0.4) is 0 Å². The highest BCUT2D eigenvalue weighted by molar-refractivity contribution is 5.37. The molecule has 0 aliphatic rings. The Balaban J connectivity index is 2.50. The number of hydrogen-bond donors (Lipinski definition) is 2. The van der Waals surface area contributed by atoms with Crippen LogP contribution in [0.2, 0.25) is 0 Å². The Labute approximate surface area is 151 Å². The lowest BCUT2D eigenvalue weighted by Gasteiger charge is -2.35. The van der Waals surface area contributed by atoms with Gasteiger partial charge in [-0.05, 0) is 29.8 Å². The van der Waals surface area contributed by atoms with E-state index in [0.29, 0.717) is 29.8 Å². The number of alkyl halides is 6. The van der Waals surface area contributed by atoms with Crippen molar-refractivity contribution in [2.45, 2.75) is 18.0 Å². The number of benzene rings is 2. The molecular formula is C19H14F6O2. The summed E-state index contributed by atoms with van der Waals surface area (Å²) >= 11 is 0. The fourth-order valence-electron chi connectivity index (χ4n) is 2.45. The fourth-order valence-corrected chi connectivity index (χ4v) is 2.45. The molecule has 2 atom stereocenters. The van der Waals surface area contributed by atoms with Crippen LogP contribution < -0.4 is 0 Å². The van der Waals surface area contributed by atoms with E-state index in [2.05, 4.69) is 11.8 Å². The topological polar surface area (TPSA) is 40.5 Å². The number of aliphatic hydroxyl groups is 2. The first-order valence-electron chi connectivity index (χ1n) is 7.64. The van der Waals surface area contributed by atoms with Crippen molar-refractivity contribution in [3.8, 4) is 11.8 Å². The van der Waals surface area contributed by atoms with Crippen LogP contribution in [0.4, 0.5) is 26.3 Å². The molecule has 2 aromatic rings. The Morgan fingerprint density at radius 1 is 0.815 bits per heavy atom. The molecule has 0 bridgehead atoms. The van der Waals surface area contributed by atoms with E-state index in [1.165, 1.54) is 12.1 Å². The van der Waals surface area contributed by atoms with Crippen molar-refractivity contribution in [2.24, 2.45) is 5.92 Å². The largest absolute Gasteiger partial charge is 0.422 e. The number of rotatable bonds is 3. The quantitative estimate of drug-likeness (QED) is 0.614. The summed E-state index contributed by atoms with van der Waals surface area (Å²) in [6, 6.07) is 9.84. The Morgan fingerprint density at radius 3 is 1.78 bits per heavy atom. The third-order valence-corrected chi connectivity index (χ3v) is 3.94. The molecular weight excluding hydrogens is 374 g/mol. The highest BCUT2D eigenvalue weighted by atomic mass is 19.4. The predicted octanol–water partition coefficient (Wildman–Crippen LogP) is 4.12.